The summed E-state index contributed by atoms with van der Waals surface area (Å²) in [5, 5.41) is 3.36. The second-order valence-electron chi connectivity index (χ2n) is 3.82. The molecule has 1 aliphatic rings. The number of nitrogens with two attached hydrogens (primary N) is 1. The zero-order valence-electron chi connectivity index (χ0n) is 8.01. The van der Waals surface area contributed by atoms with Crippen molar-refractivity contribution < 1.29 is 0 Å². The maximum Gasteiger partial charge on any atom is 0.0350 e. The van der Waals surface area contributed by atoms with Crippen LogP contribution in [0.3, 0.4) is 0 Å². The topological polar surface area (TPSA) is 38.0 Å². The lowest BCUT2D eigenvalue weighted by Crippen LogP contribution is -2.09. The van der Waals surface area contributed by atoms with E-state index in [1.165, 1.54) is 17.5 Å². The lowest BCUT2D eigenvalue weighted by molar-refractivity contribution is 0.765. The van der Waals surface area contributed by atoms with Crippen LogP contribution in [0.1, 0.15) is 23.5 Å². The molecule has 0 bridgehead atoms. The molecule has 13 heavy (non-hydrogen) atoms. The zero-order chi connectivity index (χ0) is 9.26. The van der Waals surface area contributed by atoms with Gasteiger partial charge in [0.05, 0.1) is 0 Å². The molecule has 0 unspecified atom stereocenters. The molecule has 2 heteroatoms. The Morgan fingerprint density at radius 2 is 2.31 bits per heavy atom. The minimum Gasteiger partial charge on any atom is -0.398 e. The van der Waals surface area contributed by atoms with Crippen LogP contribution in [0.25, 0.3) is 0 Å². The van der Waals surface area contributed by atoms with Crippen LogP contribution in [0.5, 0.6) is 0 Å². The van der Waals surface area contributed by atoms with Crippen molar-refractivity contribution in [2.24, 2.45) is 0 Å². The van der Waals surface area contributed by atoms with Crippen LogP contribution in [0, 0.1) is 6.92 Å². The average Bonchev–Trinajstić information content (AvgIpc) is 2.61. The molecule has 1 atom stereocenters. The fraction of sp³-hybridized carbons (Fsp3) is 0.455. The Kier molecular flexibility index (Phi) is 2.23. The van der Waals surface area contributed by atoms with Crippen LogP contribution in [-0.4, -0.2) is 13.1 Å². The Morgan fingerprint density at radius 3 is 3.00 bits per heavy atom. The third-order valence-electron chi connectivity index (χ3n) is 2.74. The molecular formula is C11H16N2. The fourth-order valence-electron chi connectivity index (χ4n) is 1.97. The summed E-state index contributed by atoms with van der Waals surface area (Å²) in [5.74, 6) is 0.625. The highest BCUT2D eigenvalue weighted by atomic mass is 14.9. The number of hydrogen-bond acceptors (Lipinski definition) is 2. The largest absolute Gasteiger partial charge is 0.398 e. The lowest BCUT2D eigenvalue weighted by atomic mass is 9.95. The van der Waals surface area contributed by atoms with E-state index >= 15 is 0 Å². The highest BCUT2D eigenvalue weighted by molar-refractivity contribution is 5.50. The number of benzene rings is 1. The van der Waals surface area contributed by atoms with Crippen molar-refractivity contribution in [1.29, 1.82) is 0 Å². The molecule has 1 aliphatic heterocycles. The molecule has 0 saturated carbocycles. The SMILES string of the molecule is Cc1ccc(N)c([C@@H]2CCNC2)c1. The van der Waals surface area contributed by atoms with Gasteiger partial charge in [0, 0.05) is 12.2 Å². The first kappa shape index (κ1) is 8.57. The van der Waals surface area contributed by atoms with Gasteiger partial charge in [-0.3, -0.25) is 0 Å². The Labute approximate surface area is 79.1 Å². The summed E-state index contributed by atoms with van der Waals surface area (Å²) in [6.07, 6.45) is 1.22. The van der Waals surface area contributed by atoms with Crippen molar-refractivity contribution in [3.63, 3.8) is 0 Å². The van der Waals surface area contributed by atoms with Crippen molar-refractivity contribution in [2.45, 2.75) is 19.3 Å². The van der Waals surface area contributed by atoms with E-state index in [9.17, 15) is 0 Å². The normalized spacial score (nSPS) is 22.1. The number of nitrogen functional groups attached to an aromatic ring is 1. The molecule has 1 saturated heterocycles. The first-order chi connectivity index (χ1) is 6.27. The third kappa shape index (κ3) is 1.68. The summed E-state index contributed by atoms with van der Waals surface area (Å²) in [6, 6.07) is 6.30. The molecule has 2 rings (SSSR count). The Hall–Kier alpha value is -1.02. The van der Waals surface area contributed by atoms with E-state index in [4.69, 9.17) is 5.73 Å². The van der Waals surface area contributed by atoms with E-state index in [1.807, 2.05) is 6.07 Å². The first-order valence-corrected chi connectivity index (χ1v) is 4.84. The van der Waals surface area contributed by atoms with Crippen molar-refractivity contribution in [1.82, 2.24) is 5.32 Å². The van der Waals surface area contributed by atoms with Gasteiger partial charge in [0.15, 0.2) is 0 Å². The van der Waals surface area contributed by atoms with Crippen LogP contribution >= 0.6 is 0 Å². The van der Waals surface area contributed by atoms with Gasteiger partial charge in [0.25, 0.3) is 0 Å². The molecule has 0 aromatic heterocycles. The summed E-state index contributed by atoms with van der Waals surface area (Å²) in [6.45, 7) is 4.32. The van der Waals surface area contributed by atoms with Gasteiger partial charge in [-0.15, -0.1) is 0 Å². The number of aryl methyl sites for hydroxylation is 1. The molecule has 70 valence electrons. The van der Waals surface area contributed by atoms with Gasteiger partial charge in [-0.25, -0.2) is 0 Å². The minimum absolute atomic E-state index is 0.625. The van der Waals surface area contributed by atoms with Gasteiger partial charge in [0.1, 0.15) is 0 Å². The third-order valence-corrected chi connectivity index (χ3v) is 2.74. The van der Waals surface area contributed by atoms with E-state index in [1.54, 1.807) is 0 Å². The van der Waals surface area contributed by atoms with Gasteiger partial charge in [0.2, 0.25) is 0 Å². The Balaban J connectivity index is 2.32. The quantitative estimate of drug-likeness (QED) is 0.638. The smallest absolute Gasteiger partial charge is 0.0350 e. The molecule has 0 spiro atoms. The van der Waals surface area contributed by atoms with Crippen LogP contribution in [-0.2, 0) is 0 Å². The zero-order valence-corrected chi connectivity index (χ0v) is 8.01. The summed E-state index contributed by atoms with van der Waals surface area (Å²) >= 11 is 0. The Bertz CT molecular complexity index is 301. The van der Waals surface area contributed by atoms with Crippen molar-refractivity contribution in [3.8, 4) is 0 Å². The minimum atomic E-state index is 0.625. The van der Waals surface area contributed by atoms with Crippen molar-refractivity contribution in [3.05, 3.63) is 29.3 Å². The molecule has 1 aromatic rings. The van der Waals surface area contributed by atoms with E-state index in [2.05, 4.69) is 24.4 Å². The van der Waals surface area contributed by atoms with Crippen LogP contribution in [0.4, 0.5) is 5.69 Å². The summed E-state index contributed by atoms with van der Waals surface area (Å²) < 4.78 is 0. The van der Waals surface area contributed by atoms with Gasteiger partial charge in [-0.1, -0.05) is 17.7 Å². The predicted molar refractivity (Wildman–Crippen MR) is 55.8 cm³/mol. The van der Waals surface area contributed by atoms with Crippen molar-refractivity contribution in [2.75, 3.05) is 18.8 Å². The molecular weight excluding hydrogens is 160 g/mol. The number of anilines is 1. The van der Waals surface area contributed by atoms with Crippen LogP contribution in [0.15, 0.2) is 18.2 Å². The van der Waals surface area contributed by atoms with Gasteiger partial charge >= 0.3 is 0 Å². The maximum atomic E-state index is 5.94. The molecule has 2 nitrogen and oxygen atoms in total. The summed E-state index contributed by atoms with van der Waals surface area (Å²) in [4.78, 5) is 0. The molecule has 3 N–H and O–H groups in total. The maximum absolute atomic E-state index is 5.94. The number of nitrogens with one attached hydrogen (secondary N) is 1. The number of hydrogen-bond donors (Lipinski definition) is 2. The lowest BCUT2D eigenvalue weighted by Gasteiger charge is -2.12. The monoisotopic (exact) mass is 176 g/mol. The van der Waals surface area contributed by atoms with E-state index in [0.717, 1.165) is 18.8 Å². The van der Waals surface area contributed by atoms with Gasteiger partial charge in [-0.05, 0) is 37.4 Å². The van der Waals surface area contributed by atoms with Gasteiger partial charge in [-0.2, -0.15) is 0 Å². The molecule has 1 heterocycles. The summed E-state index contributed by atoms with van der Waals surface area (Å²) in [5.41, 5.74) is 9.51. The molecule has 1 fully saturated rings. The standard InChI is InChI=1S/C11H16N2/c1-8-2-3-11(12)10(6-8)9-4-5-13-7-9/h2-3,6,9,13H,4-5,7,12H2,1H3/t9-/m1/s1. The van der Waals surface area contributed by atoms with E-state index in [-0.39, 0.29) is 0 Å². The van der Waals surface area contributed by atoms with E-state index < -0.39 is 0 Å². The number of rotatable bonds is 1. The Morgan fingerprint density at radius 1 is 1.46 bits per heavy atom. The second-order valence-corrected chi connectivity index (χ2v) is 3.82. The van der Waals surface area contributed by atoms with Crippen molar-refractivity contribution >= 4 is 5.69 Å². The fourth-order valence-corrected chi connectivity index (χ4v) is 1.97. The first-order valence-electron chi connectivity index (χ1n) is 4.84. The highest BCUT2D eigenvalue weighted by Crippen LogP contribution is 2.27. The van der Waals surface area contributed by atoms with Crippen LogP contribution in [0.2, 0.25) is 0 Å². The van der Waals surface area contributed by atoms with E-state index in [0.29, 0.717) is 5.92 Å². The average molecular weight is 176 g/mol. The van der Waals surface area contributed by atoms with Crippen LogP contribution < -0.4 is 11.1 Å². The summed E-state index contributed by atoms with van der Waals surface area (Å²) in [7, 11) is 0. The highest BCUT2D eigenvalue weighted by Gasteiger charge is 2.18. The van der Waals surface area contributed by atoms with Gasteiger partial charge < -0.3 is 11.1 Å². The molecule has 0 amide bonds. The predicted octanol–water partition coefficient (Wildman–Crippen LogP) is 1.65. The second kappa shape index (κ2) is 3.38. The molecule has 0 aliphatic carbocycles. The molecule has 0 radical (unpaired) electrons. The molecule has 1 aromatic carbocycles.